The molecule has 3 heterocycles. The van der Waals surface area contributed by atoms with Gasteiger partial charge in [-0.3, -0.25) is 0 Å². The molecule has 7 heteroatoms. The number of pyridine rings is 1. The first-order valence-corrected chi connectivity index (χ1v) is 7.12. The molecule has 1 N–H and O–H groups in total. The van der Waals surface area contributed by atoms with Gasteiger partial charge in [0, 0.05) is 29.0 Å². The Balaban J connectivity index is 1.90. The van der Waals surface area contributed by atoms with Crippen molar-refractivity contribution in [2.45, 2.75) is 26.4 Å². The van der Waals surface area contributed by atoms with Gasteiger partial charge in [-0.05, 0) is 32.9 Å². The van der Waals surface area contributed by atoms with Gasteiger partial charge < -0.3 is 9.72 Å². The molecule has 3 aromatic heterocycles. The second kappa shape index (κ2) is 5.14. The summed E-state index contributed by atoms with van der Waals surface area (Å²) in [5.41, 5.74) is 1.92. The van der Waals surface area contributed by atoms with Crippen LogP contribution in [-0.2, 0) is 4.74 Å². The van der Waals surface area contributed by atoms with Crippen molar-refractivity contribution < 1.29 is 9.53 Å². The SMILES string of the molecule is CC(C)(C)OC(=O)n1cc(-c2cc3cnc(Cl)cc3[nH]2)cn1. The molecule has 114 valence electrons. The van der Waals surface area contributed by atoms with E-state index < -0.39 is 11.7 Å². The summed E-state index contributed by atoms with van der Waals surface area (Å²) in [4.78, 5) is 19.2. The fourth-order valence-corrected chi connectivity index (χ4v) is 2.18. The maximum absolute atomic E-state index is 12.0. The van der Waals surface area contributed by atoms with Gasteiger partial charge >= 0.3 is 6.09 Å². The average Bonchev–Trinajstić information content (AvgIpc) is 3.02. The van der Waals surface area contributed by atoms with E-state index in [1.165, 1.54) is 4.68 Å². The molecular weight excluding hydrogens is 304 g/mol. The number of rotatable bonds is 1. The zero-order chi connectivity index (χ0) is 15.9. The molecule has 0 bridgehead atoms. The van der Waals surface area contributed by atoms with Crippen molar-refractivity contribution in [3.05, 3.63) is 35.9 Å². The van der Waals surface area contributed by atoms with E-state index in [0.717, 1.165) is 22.2 Å². The van der Waals surface area contributed by atoms with Gasteiger partial charge in [-0.1, -0.05) is 11.6 Å². The van der Waals surface area contributed by atoms with Crippen LogP contribution in [0.2, 0.25) is 5.15 Å². The van der Waals surface area contributed by atoms with Gasteiger partial charge in [0.15, 0.2) is 0 Å². The van der Waals surface area contributed by atoms with Crippen molar-refractivity contribution in [1.82, 2.24) is 19.7 Å². The van der Waals surface area contributed by atoms with Crippen LogP contribution in [0.4, 0.5) is 4.79 Å². The molecule has 0 saturated carbocycles. The minimum absolute atomic E-state index is 0.422. The standard InChI is InChI=1S/C15H15ClN4O2/c1-15(2,3)22-14(21)20-8-10(7-18-20)11-4-9-6-17-13(16)5-12(9)19-11/h4-8,19H,1-3H3. The molecule has 0 fully saturated rings. The van der Waals surface area contributed by atoms with Crippen LogP contribution in [0.15, 0.2) is 30.7 Å². The highest BCUT2D eigenvalue weighted by molar-refractivity contribution is 6.30. The molecule has 22 heavy (non-hydrogen) atoms. The predicted octanol–water partition coefficient (Wildman–Crippen LogP) is 3.86. The fraction of sp³-hybridized carbons (Fsp3) is 0.267. The Kier molecular flexibility index (Phi) is 3.41. The molecule has 0 aromatic carbocycles. The Morgan fingerprint density at radius 1 is 1.32 bits per heavy atom. The van der Waals surface area contributed by atoms with E-state index in [4.69, 9.17) is 16.3 Å². The summed E-state index contributed by atoms with van der Waals surface area (Å²) in [7, 11) is 0. The Morgan fingerprint density at radius 2 is 2.09 bits per heavy atom. The van der Waals surface area contributed by atoms with Crippen LogP contribution < -0.4 is 0 Å². The quantitative estimate of drug-likeness (QED) is 0.691. The summed E-state index contributed by atoms with van der Waals surface area (Å²) in [6, 6.07) is 3.67. The van der Waals surface area contributed by atoms with Crippen LogP contribution in [0.3, 0.4) is 0 Å². The van der Waals surface area contributed by atoms with Crippen molar-refractivity contribution in [2.24, 2.45) is 0 Å². The third-order valence-electron chi connectivity index (χ3n) is 2.94. The Bertz CT molecular complexity index is 845. The van der Waals surface area contributed by atoms with Gasteiger partial charge in [0.1, 0.15) is 10.8 Å². The van der Waals surface area contributed by atoms with Crippen LogP contribution in [0.5, 0.6) is 0 Å². The van der Waals surface area contributed by atoms with Crippen LogP contribution in [0.25, 0.3) is 22.2 Å². The maximum atomic E-state index is 12.0. The van der Waals surface area contributed by atoms with Crippen LogP contribution >= 0.6 is 11.6 Å². The lowest BCUT2D eigenvalue weighted by atomic mass is 10.2. The van der Waals surface area contributed by atoms with Gasteiger partial charge in [-0.25, -0.2) is 9.78 Å². The van der Waals surface area contributed by atoms with Crippen molar-refractivity contribution in [3.63, 3.8) is 0 Å². The molecule has 0 aliphatic heterocycles. The van der Waals surface area contributed by atoms with Crippen molar-refractivity contribution in [2.75, 3.05) is 0 Å². The van der Waals surface area contributed by atoms with Crippen LogP contribution in [0.1, 0.15) is 20.8 Å². The summed E-state index contributed by atoms with van der Waals surface area (Å²) in [6.45, 7) is 5.43. The van der Waals surface area contributed by atoms with Gasteiger partial charge in [0.2, 0.25) is 0 Å². The zero-order valence-electron chi connectivity index (χ0n) is 12.4. The highest BCUT2D eigenvalue weighted by Gasteiger charge is 2.19. The molecule has 0 aliphatic carbocycles. The third kappa shape index (κ3) is 2.96. The first-order valence-electron chi connectivity index (χ1n) is 6.74. The van der Waals surface area contributed by atoms with E-state index >= 15 is 0 Å². The zero-order valence-corrected chi connectivity index (χ0v) is 13.2. The van der Waals surface area contributed by atoms with Gasteiger partial charge in [0.25, 0.3) is 0 Å². The molecule has 0 unspecified atom stereocenters. The lowest BCUT2D eigenvalue weighted by Gasteiger charge is -2.18. The molecular formula is C15H15ClN4O2. The molecule has 0 saturated heterocycles. The van der Waals surface area contributed by atoms with E-state index in [-0.39, 0.29) is 0 Å². The molecule has 0 amide bonds. The lowest BCUT2D eigenvalue weighted by molar-refractivity contribution is 0.0514. The number of nitrogens with zero attached hydrogens (tertiary/aromatic N) is 3. The second-order valence-corrected chi connectivity index (χ2v) is 6.32. The number of H-pyrrole nitrogens is 1. The fourth-order valence-electron chi connectivity index (χ4n) is 2.03. The highest BCUT2D eigenvalue weighted by atomic mass is 35.5. The second-order valence-electron chi connectivity index (χ2n) is 5.93. The Labute approximate surface area is 132 Å². The van der Waals surface area contributed by atoms with Crippen LogP contribution in [0, 0.1) is 0 Å². The van der Waals surface area contributed by atoms with Crippen LogP contribution in [-0.4, -0.2) is 31.4 Å². The van der Waals surface area contributed by atoms with E-state index in [1.807, 2.05) is 26.8 Å². The maximum Gasteiger partial charge on any atom is 0.435 e. The lowest BCUT2D eigenvalue weighted by Crippen LogP contribution is -2.27. The molecule has 0 radical (unpaired) electrons. The van der Waals surface area contributed by atoms with Crippen molar-refractivity contribution in [3.8, 4) is 11.3 Å². The number of carbonyl (C=O) groups excluding carboxylic acids is 1. The summed E-state index contributed by atoms with van der Waals surface area (Å²) >= 11 is 5.87. The number of ether oxygens (including phenoxy) is 1. The third-order valence-corrected chi connectivity index (χ3v) is 3.15. The smallest absolute Gasteiger partial charge is 0.435 e. The van der Waals surface area contributed by atoms with E-state index in [1.54, 1.807) is 24.7 Å². The number of aromatic nitrogens is 4. The van der Waals surface area contributed by atoms with Gasteiger partial charge in [-0.2, -0.15) is 9.78 Å². The Hall–Kier alpha value is -2.34. The average molecular weight is 319 g/mol. The monoisotopic (exact) mass is 318 g/mol. The first kappa shape index (κ1) is 14.6. The van der Waals surface area contributed by atoms with E-state index in [0.29, 0.717) is 5.15 Å². The molecule has 3 rings (SSSR count). The minimum atomic E-state index is -0.563. The molecule has 6 nitrogen and oxygen atoms in total. The van der Waals surface area contributed by atoms with Crippen molar-refractivity contribution in [1.29, 1.82) is 0 Å². The van der Waals surface area contributed by atoms with Gasteiger partial charge in [-0.15, -0.1) is 0 Å². The van der Waals surface area contributed by atoms with Gasteiger partial charge in [0.05, 0.1) is 11.7 Å². The normalized spacial score (nSPS) is 11.8. The largest absolute Gasteiger partial charge is 0.442 e. The number of aromatic amines is 1. The number of nitrogens with one attached hydrogen (secondary N) is 1. The number of hydrogen-bond acceptors (Lipinski definition) is 4. The topological polar surface area (TPSA) is 72.8 Å². The predicted molar refractivity (Wildman–Crippen MR) is 84.0 cm³/mol. The summed E-state index contributed by atoms with van der Waals surface area (Å²) in [5.74, 6) is 0. The molecule has 0 atom stereocenters. The van der Waals surface area contributed by atoms with E-state index in [9.17, 15) is 4.79 Å². The van der Waals surface area contributed by atoms with E-state index in [2.05, 4.69) is 15.1 Å². The number of halogens is 1. The summed E-state index contributed by atoms with van der Waals surface area (Å²) in [5, 5.41) is 5.40. The highest BCUT2D eigenvalue weighted by Crippen LogP contribution is 2.24. The molecule has 3 aromatic rings. The number of carbonyl (C=O) groups is 1. The molecule has 0 aliphatic rings. The minimum Gasteiger partial charge on any atom is -0.442 e. The Morgan fingerprint density at radius 3 is 2.82 bits per heavy atom. The van der Waals surface area contributed by atoms with Crippen molar-refractivity contribution >= 4 is 28.6 Å². The summed E-state index contributed by atoms with van der Waals surface area (Å²) < 4.78 is 6.45. The summed E-state index contributed by atoms with van der Waals surface area (Å²) in [6.07, 6.45) is 4.40. The first-order chi connectivity index (χ1) is 10.3. The number of fused-ring (bicyclic) bond motifs is 1. The number of hydrogen-bond donors (Lipinski definition) is 1. The molecule has 0 spiro atoms.